The largest absolute Gasteiger partial charge is 0.489 e. The van der Waals surface area contributed by atoms with E-state index in [0.717, 1.165) is 5.56 Å². The van der Waals surface area contributed by atoms with Gasteiger partial charge < -0.3 is 9.84 Å². The highest BCUT2D eigenvalue weighted by atomic mass is 35.5. The van der Waals surface area contributed by atoms with Crippen LogP contribution in [0.15, 0.2) is 35.9 Å². The third-order valence-electron chi connectivity index (χ3n) is 1.79. The van der Waals surface area contributed by atoms with Crippen LogP contribution in [0.1, 0.15) is 18.6 Å². The molecule has 0 saturated carbocycles. The summed E-state index contributed by atoms with van der Waals surface area (Å²) in [5, 5.41) is 9.44. The van der Waals surface area contributed by atoms with Crippen molar-refractivity contribution in [3.05, 3.63) is 41.4 Å². The minimum Gasteiger partial charge on any atom is -0.489 e. The average molecular weight is 213 g/mol. The topological polar surface area (TPSA) is 29.5 Å². The van der Waals surface area contributed by atoms with E-state index in [9.17, 15) is 5.11 Å². The summed E-state index contributed by atoms with van der Waals surface area (Å²) in [6.07, 6.45) is 1.17. The van der Waals surface area contributed by atoms with Crippen molar-refractivity contribution >= 4 is 11.6 Å². The minimum atomic E-state index is -0.522. The summed E-state index contributed by atoms with van der Waals surface area (Å²) in [6.45, 7) is 2.12. The second-order valence-electron chi connectivity index (χ2n) is 2.89. The molecule has 0 unspecified atom stereocenters. The summed E-state index contributed by atoms with van der Waals surface area (Å²) in [4.78, 5) is 0. The Labute approximate surface area is 88.8 Å². The molecule has 0 aromatic heterocycles. The molecule has 14 heavy (non-hydrogen) atoms. The highest BCUT2D eigenvalue weighted by molar-refractivity contribution is 6.25. The quantitative estimate of drug-likeness (QED) is 0.832. The molecule has 1 N–H and O–H groups in total. The van der Waals surface area contributed by atoms with Crippen LogP contribution in [0.3, 0.4) is 0 Å². The van der Waals surface area contributed by atoms with Crippen LogP contribution in [0.4, 0.5) is 0 Å². The van der Waals surface area contributed by atoms with Gasteiger partial charge in [0.2, 0.25) is 0 Å². The van der Waals surface area contributed by atoms with Crippen molar-refractivity contribution in [2.24, 2.45) is 0 Å². The van der Waals surface area contributed by atoms with Crippen molar-refractivity contribution in [3.63, 3.8) is 0 Å². The van der Waals surface area contributed by atoms with Crippen LogP contribution in [0.2, 0.25) is 0 Å². The van der Waals surface area contributed by atoms with Crippen molar-refractivity contribution in [2.75, 3.05) is 6.61 Å². The van der Waals surface area contributed by atoms with Gasteiger partial charge >= 0.3 is 0 Å². The number of aliphatic hydroxyl groups is 1. The molecule has 1 rings (SSSR count). The van der Waals surface area contributed by atoms with Crippen molar-refractivity contribution in [1.29, 1.82) is 0 Å². The van der Waals surface area contributed by atoms with Crippen molar-refractivity contribution in [2.45, 2.75) is 13.0 Å². The summed E-state index contributed by atoms with van der Waals surface area (Å²) >= 11 is 5.36. The van der Waals surface area contributed by atoms with Gasteiger partial charge in [0.1, 0.15) is 12.4 Å². The summed E-state index contributed by atoms with van der Waals surface area (Å²) in [7, 11) is 0. The van der Waals surface area contributed by atoms with Gasteiger partial charge in [0, 0.05) is 11.1 Å². The van der Waals surface area contributed by atoms with Crippen LogP contribution in [-0.2, 0) is 0 Å². The van der Waals surface area contributed by atoms with Gasteiger partial charge in [-0.1, -0.05) is 29.8 Å². The van der Waals surface area contributed by atoms with Crippen molar-refractivity contribution in [1.82, 2.24) is 0 Å². The van der Waals surface area contributed by atoms with Crippen LogP contribution < -0.4 is 4.74 Å². The molecular weight excluding hydrogens is 200 g/mol. The summed E-state index contributed by atoms with van der Waals surface area (Å²) in [6, 6.07) is 7.40. The molecule has 2 nitrogen and oxygen atoms in total. The summed E-state index contributed by atoms with van der Waals surface area (Å²) in [5.41, 5.74) is 2.20. The number of ether oxygens (including phenoxy) is 1. The van der Waals surface area contributed by atoms with Gasteiger partial charge in [0.15, 0.2) is 0 Å². The lowest BCUT2D eigenvalue weighted by Gasteiger charge is -2.11. The Bertz CT molecular complexity index is 308. The van der Waals surface area contributed by atoms with E-state index in [1.807, 2.05) is 24.3 Å². The first-order valence-corrected chi connectivity index (χ1v) is 4.84. The van der Waals surface area contributed by atoms with Crippen LogP contribution >= 0.6 is 11.6 Å². The van der Waals surface area contributed by atoms with Gasteiger partial charge in [-0.2, -0.15) is 0 Å². The van der Waals surface area contributed by atoms with Crippen LogP contribution in [-0.4, -0.2) is 11.7 Å². The Morgan fingerprint density at radius 2 is 2.21 bits per heavy atom. The standard InChI is InChI=1S/C11H13ClO2/c1-9(13)10-5-2-3-6-11(10)14-8-4-7-12/h2-7,9,13H,8H2,1H3/t9-/m0/s1. The zero-order valence-electron chi connectivity index (χ0n) is 7.98. The molecule has 0 fully saturated rings. The molecule has 0 aliphatic carbocycles. The van der Waals surface area contributed by atoms with Crippen molar-refractivity contribution in [3.8, 4) is 5.75 Å². The molecule has 0 amide bonds. The lowest BCUT2D eigenvalue weighted by molar-refractivity contribution is 0.193. The second-order valence-corrected chi connectivity index (χ2v) is 3.14. The maximum absolute atomic E-state index is 9.44. The molecule has 0 saturated heterocycles. The SMILES string of the molecule is C[C@H](O)c1ccccc1OCC=CCl. The van der Waals surface area contributed by atoms with Gasteiger partial charge in [-0.25, -0.2) is 0 Å². The highest BCUT2D eigenvalue weighted by Gasteiger charge is 2.06. The minimum absolute atomic E-state index is 0.410. The number of para-hydroxylation sites is 1. The Kier molecular flexibility index (Phi) is 4.50. The van der Waals surface area contributed by atoms with Gasteiger partial charge in [0.25, 0.3) is 0 Å². The fraction of sp³-hybridized carbons (Fsp3) is 0.273. The predicted octanol–water partition coefficient (Wildman–Crippen LogP) is 2.87. The number of hydrogen-bond acceptors (Lipinski definition) is 2. The van der Waals surface area contributed by atoms with Crippen LogP contribution in [0.5, 0.6) is 5.75 Å². The number of hydrogen-bond donors (Lipinski definition) is 1. The van der Waals surface area contributed by atoms with Gasteiger partial charge in [-0.05, 0) is 19.1 Å². The summed E-state index contributed by atoms with van der Waals surface area (Å²) in [5.74, 6) is 0.692. The molecule has 0 heterocycles. The zero-order chi connectivity index (χ0) is 10.4. The second kappa shape index (κ2) is 5.68. The maximum atomic E-state index is 9.44. The third-order valence-corrected chi connectivity index (χ3v) is 1.97. The molecule has 0 spiro atoms. The Morgan fingerprint density at radius 1 is 1.50 bits per heavy atom. The Hall–Kier alpha value is -0.990. The van der Waals surface area contributed by atoms with Crippen molar-refractivity contribution < 1.29 is 9.84 Å². The van der Waals surface area contributed by atoms with Gasteiger partial charge in [-0.3, -0.25) is 0 Å². The number of benzene rings is 1. The zero-order valence-corrected chi connectivity index (χ0v) is 8.74. The van der Waals surface area contributed by atoms with Crippen LogP contribution in [0.25, 0.3) is 0 Å². The molecule has 1 atom stereocenters. The number of aliphatic hydroxyl groups excluding tert-OH is 1. The van der Waals surface area contributed by atoms with E-state index < -0.39 is 6.10 Å². The Balaban J connectivity index is 2.74. The average Bonchev–Trinajstić information content (AvgIpc) is 2.19. The fourth-order valence-electron chi connectivity index (χ4n) is 1.13. The molecular formula is C11H13ClO2. The van der Waals surface area contributed by atoms with Crippen LogP contribution in [0, 0.1) is 0 Å². The normalized spacial score (nSPS) is 13.1. The number of halogens is 1. The molecule has 0 aliphatic heterocycles. The molecule has 0 bridgehead atoms. The third kappa shape index (κ3) is 3.05. The van der Waals surface area contributed by atoms with E-state index in [0.29, 0.717) is 12.4 Å². The van der Waals surface area contributed by atoms with Gasteiger partial charge in [0.05, 0.1) is 6.10 Å². The molecule has 0 radical (unpaired) electrons. The lowest BCUT2D eigenvalue weighted by Crippen LogP contribution is -1.99. The molecule has 0 aliphatic rings. The molecule has 76 valence electrons. The van der Waals surface area contributed by atoms with E-state index in [2.05, 4.69) is 0 Å². The van der Waals surface area contributed by atoms with E-state index in [1.54, 1.807) is 13.0 Å². The van der Waals surface area contributed by atoms with E-state index in [1.165, 1.54) is 5.54 Å². The number of rotatable bonds is 4. The smallest absolute Gasteiger partial charge is 0.125 e. The predicted molar refractivity (Wildman–Crippen MR) is 57.6 cm³/mol. The Morgan fingerprint density at radius 3 is 2.86 bits per heavy atom. The van der Waals surface area contributed by atoms with E-state index >= 15 is 0 Å². The van der Waals surface area contributed by atoms with E-state index in [-0.39, 0.29) is 0 Å². The molecule has 1 aromatic carbocycles. The lowest BCUT2D eigenvalue weighted by atomic mass is 10.1. The first kappa shape index (κ1) is 11.1. The fourth-order valence-corrected chi connectivity index (χ4v) is 1.20. The first-order valence-electron chi connectivity index (χ1n) is 4.40. The highest BCUT2D eigenvalue weighted by Crippen LogP contribution is 2.24. The molecule has 1 aromatic rings. The first-order chi connectivity index (χ1) is 6.75. The monoisotopic (exact) mass is 212 g/mol. The maximum Gasteiger partial charge on any atom is 0.125 e. The summed E-state index contributed by atoms with van der Waals surface area (Å²) < 4.78 is 5.41. The van der Waals surface area contributed by atoms with E-state index in [4.69, 9.17) is 16.3 Å². The van der Waals surface area contributed by atoms with Gasteiger partial charge in [-0.15, -0.1) is 0 Å². The molecule has 3 heteroatoms.